The number of hydrogen-bond acceptors (Lipinski definition) is 5. The van der Waals surface area contributed by atoms with Crippen LogP contribution in [0.2, 0.25) is 0 Å². The molecule has 2 aromatic rings. The smallest absolute Gasteiger partial charge is 0.269 e. The van der Waals surface area contributed by atoms with Gasteiger partial charge in [-0.1, -0.05) is 24.3 Å². The molecule has 5 rings (SSSR count). The molecule has 3 aliphatic rings. The van der Waals surface area contributed by atoms with Crippen LogP contribution in [0.15, 0.2) is 60.7 Å². The minimum absolute atomic E-state index is 0.0153. The molecule has 0 spiro atoms. The Morgan fingerprint density at radius 3 is 2.28 bits per heavy atom. The van der Waals surface area contributed by atoms with Crippen molar-refractivity contribution in [2.75, 3.05) is 4.90 Å². The van der Waals surface area contributed by atoms with Gasteiger partial charge in [-0.25, -0.2) is 0 Å². The van der Waals surface area contributed by atoms with E-state index in [0.29, 0.717) is 17.0 Å². The molecule has 2 aromatic carbocycles. The maximum absolute atomic E-state index is 12.9. The predicted molar refractivity (Wildman–Crippen MR) is 104 cm³/mol. The summed E-state index contributed by atoms with van der Waals surface area (Å²) in [6.45, 7) is 0.182. The molecule has 2 fully saturated rings. The summed E-state index contributed by atoms with van der Waals surface area (Å²) in [5.74, 6) is 0.267. The zero-order valence-electron chi connectivity index (χ0n) is 15.4. The van der Waals surface area contributed by atoms with Crippen LogP contribution in [-0.4, -0.2) is 16.7 Å². The van der Waals surface area contributed by atoms with Crippen molar-refractivity contribution >= 4 is 23.2 Å². The minimum Gasteiger partial charge on any atom is -0.489 e. The van der Waals surface area contributed by atoms with E-state index in [0.717, 1.165) is 6.42 Å². The molecule has 1 heterocycles. The van der Waals surface area contributed by atoms with E-state index in [1.807, 2.05) is 0 Å². The maximum Gasteiger partial charge on any atom is 0.269 e. The van der Waals surface area contributed by atoms with Gasteiger partial charge in [0, 0.05) is 12.1 Å². The van der Waals surface area contributed by atoms with Crippen molar-refractivity contribution < 1.29 is 19.2 Å². The van der Waals surface area contributed by atoms with Gasteiger partial charge in [-0.15, -0.1) is 0 Å². The number of ether oxygens (including phenoxy) is 1. The van der Waals surface area contributed by atoms with E-state index in [9.17, 15) is 19.7 Å². The van der Waals surface area contributed by atoms with Gasteiger partial charge < -0.3 is 4.74 Å². The highest BCUT2D eigenvalue weighted by molar-refractivity contribution is 6.22. The molecule has 4 atom stereocenters. The highest BCUT2D eigenvalue weighted by Crippen LogP contribution is 2.53. The number of nitrogens with zero attached hydrogens (tertiary/aromatic N) is 2. The third-order valence-electron chi connectivity index (χ3n) is 6.09. The van der Waals surface area contributed by atoms with E-state index in [1.54, 1.807) is 36.4 Å². The molecule has 2 bridgehead atoms. The van der Waals surface area contributed by atoms with Crippen LogP contribution in [0, 0.1) is 33.8 Å². The highest BCUT2D eigenvalue weighted by Gasteiger charge is 2.59. The monoisotopic (exact) mass is 390 g/mol. The van der Waals surface area contributed by atoms with Gasteiger partial charge in [-0.2, -0.15) is 0 Å². The average Bonchev–Trinajstić information content (AvgIpc) is 3.41. The summed E-state index contributed by atoms with van der Waals surface area (Å²) in [6.07, 6.45) is 5.06. The second kappa shape index (κ2) is 6.55. The standard InChI is InChI=1S/C22H18N2O5/c25-21-19-14-4-5-15(11-14)20(19)22(26)23(21)16-6-8-18(9-7-16)29-12-13-2-1-3-17(10-13)24(27)28/h1-10,14-15,19-20H,11-12H2/t14-,15-,19-,20+/m0/s1. The number of amides is 2. The Kier molecular flexibility index (Phi) is 3.97. The molecular weight excluding hydrogens is 372 g/mol. The molecule has 0 unspecified atom stereocenters. The molecule has 2 amide bonds. The van der Waals surface area contributed by atoms with Crippen molar-refractivity contribution in [2.24, 2.45) is 23.7 Å². The van der Waals surface area contributed by atoms with E-state index in [2.05, 4.69) is 12.2 Å². The Bertz CT molecular complexity index is 1020. The molecule has 29 heavy (non-hydrogen) atoms. The van der Waals surface area contributed by atoms with Crippen LogP contribution in [0.1, 0.15) is 12.0 Å². The van der Waals surface area contributed by atoms with Crippen LogP contribution < -0.4 is 9.64 Å². The average molecular weight is 390 g/mol. The first-order valence-electron chi connectivity index (χ1n) is 9.55. The first-order chi connectivity index (χ1) is 14.0. The molecule has 7 nitrogen and oxygen atoms in total. The van der Waals surface area contributed by atoms with Crippen molar-refractivity contribution in [1.29, 1.82) is 0 Å². The van der Waals surface area contributed by atoms with Gasteiger partial charge in [0.2, 0.25) is 11.8 Å². The number of anilines is 1. The quantitative estimate of drug-likeness (QED) is 0.337. The van der Waals surface area contributed by atoms with E-state index in [1.165, 1.54) is 17.0 Å². The minimum atomic E-state index is -0.445. The number of fused-ring (bicyclic) bond motifs is 5. The SMILES string of the molecule is O=C1[C@@H]2[C@H](C(=O)N1c1ccc(OCc3cccc([N+](=O)[O-])c3)cc1)[C@H]1C=C[C@H]2C1. The fourth-order valence-corrected chi connectivity index (χ4v) is 4.77. The van der Waals surface area contributed by atoms with Crippen molar-refractivity contribution in [2.45, 2.75) is 13.0 Å². The lowest BCUT2D eigenvalue weighted by Gasteiger charge is -2.17. The molecule has 0 radical (unpaired) electrons. The van der Waals surface area contributed by atoms with Gasteiger partial charge in [0.15, 0.2) is 0 Å². The molecule has 0 aromatic heterocycles. The van der Waals surface area contributed by atoms with Crippen LogP contribution >= 0.6 is 0 Å². The van der Waals surface area contributed by atoms with Crippen molar-refractivity contribution in [1.82, 2.24) is 0 Å². The molecule has 1 saturated carbocycles. The summed E-state index contributed by atoms with van der Waals surface area (Å²) in [5, 5.41) is 10.9. The van der Waals surface area contributed by atoms with E-state index in [-0.39, 0.29) is 47.8 Å². The number of nitro groups is 1. The lowest BCUT2D eigenvalue weighted by Crippen LogP contribution is -2.32. The second-order valence-corrected chi connectivity index (χ2v) is 7.72. The van der Waals surface area contributed by atoms with Gasteiger partial charge in [0.05, 0.1) is 22.4 Å². The summed E-state index contributed by atoms with van der Waals surface area (Å²) >= 11 is 0. The number of carbonyl (C=O) groups is 2. The van der Waals surface area contributed by atoms with Crippen molar-refractivity contribution in [3.8, 4) is 5.75 Å². The number of hydrogen-bond donors (Lipinski definition) is 0. The van der Waals surface area contributed by atoms with E-state index < -0.39 is 4.92 Å². The van der Waals surface area contributed by atoms with Crippen LogP contribution in [0.4, 0.5) is 11.4 Å². The van der Waals surface area contributed by atoms with Crippen LogP contribution in [0.3, 0.4) is 0 Å². The van der Waals surface area contributed by atoms with Crippen LogP contribution in [0.25, 0.3) is 0 Å². The third kappa shape index (κ3) is 2.81. The van der Waals surface area contributed by atoms with Crippen molar-refractivity contribution in [3.05, 3.63) is 76.4 Å². The molecule has 1 aliphatic heterocycles. The molecular formula is C22H18N2O5. The Morgan fingerprint density at radius 2 is 1.66 bits per heavy atom. The number of benzene rings is 2. The Morgan fingerprint density at radius 1 is 1.00 bits per heavy atom. The zero-order valence-corrected chi connectivity index (χ0v) is 15.4. The van der Waals surface area contributed by atoms with Gasteiger partial charge in [-0.05, 0) is 48.1 Å². The first kappa shape index (κ1) is 17.6. The fraction of sp³-hybridized carbons (Fsp3) is 0.273. The summed E-state index contributed by atoms with van der Waals surface area (Å²) < 4.78 is 5.70. The number of nitro benzene ring substituents is 1. The third-order valence-corrected chi connectivity index (χ3v) is 6.09. The molecule has 7 heteroatoms. The first-order valence-corrected chi connectivity index (χ1v) is 9.55. The predicted octanol–water partition coefficient (Wildman–Crippen LogP) is 3.49. The Hall–Kier alpha value is -3.48. The topological polar surface area (TPSA) is 89.8 Å². The van der Waals surface area contributed by atoms with Crippen LogP contribution in [0.5, 0.6) is 5.75 Å². The van der Waals surface area contributed by atoms with E-state index in [4.69, 9.17) is 4.74 Å². The second-order valence-electron chi connectivity index (χ2n) is 7.72. The number of rotatable bonds is 5. The van der Waals surface area contributed by atoms with E-state index >= 15 is 0 Å². The van der Waals surface area contributed by atoms with Crippen molar-refractivity contribution in [3.63, 3.8) is 0 Å². The number of non-ortho nitro benzene ring substituents is 1. The summed E-state index contributed by atoms with van der Waals surface area (Å²) in [4.78, 5) is 37.4. The van der Waals surface area contributed by atoms with Crippen LogP contribution in [-0.2, 0) is 16.2 Å². The molecule has 0 N–H and O–H groups in total. The summed E-state index contributed by atoms with van der Waals surface area (Å²) in [6, 6.07) is 13.1. The lowest BCUT2D eigenvalue weighted by atomic mass is 9.85. The zero-order chi connectivity index (χ0) is 20.1. The number of imide groups is 1. The fourth-order valence-electron chi connectivity index (χ4n) is 4.77. The molecule has 1 saturated heterocycles. The lowest BCUT2D eigenvalue weighted by molar-refractivity contribution is -0.384. The largest absolute Gasteiger partial charge is 0.489 e. The number of carbonyl (C=O) groups excluding carboxylic acids is 2. The maximum atomic E-state index is 12.9. The van der Waals surface area contributed by atoms with Gasteiger partial charge in [0.25, 0.3) is 5.69 Å². The summed E-state index contributed by atoms with van der Waals surface area (Å²) in [5.41, 5.74) is 1.25. The van der Waals surface area contributed by atoms with Gasteiger partial charge in [0.1, 0.15) is 12.4 Å². The van der Waals surface area contributed by atoms with Gasteiger partial charge in [-0.3, -0.25) is 24.6 Å². The Balaban J connectivity index is 1.29. The normalized spacial score (nSPS) is 26.8. The van der Waals surface area contributed by atoms with Gasteiger partial charge >= 0.3 is 0 Å². The highest BCUT2D eigenvalue weighted by atomic mass is 16.6. The molecule has 2 aliphatic carbocycles. The number of allylic oxidation sites excluding steroid dienone is 2. The molecule has 146 valence electrons. The summed E-state index contributed by atoms with van der Waals surface area (Å²) in [7, 11) is 0. The Labute approximate surface area is 166 Å².